The van der Waals surface area contributed by atoms with Gasteiger partial charge >= 0.3 is 11.9 Å². The van der Waals surface area contributed by atoms with Crippen LogP contribution in [0.4, 0.5) is 0 Å². The third kappa shape index (κ3) is 8.88. The van der Waals surface area contributed by atoms with Gasteiger partial charge < -0.3 is 48.5 Å². The molecule has 12 nitrogen and oxygen atoms in total. The molecule has 1 heterocycles. The molecule has 0 fully saturated rings. The zero-order chi connectivity index (χ0) is 37.2. The van der Waals surface area contributed by atoms with Crippen molar-refractivity contribution in [3.8, 4) is 46.0 Å². The van der Waals surface area contributed by atoms with Gasteiger partial charge in [-0.1, -0.05) is 24.3 Å². The molecular weight excluding hydrogens is 672 g/mol. The minimum absolute atomic E-state index is 0.00112. The van der Waals surface area contributed by atoms with Gasteiger partial charge in [0, 0.05) is 17.7 Å². The van der Waals surface area contributed by atoms with Gasteiger partial charge in [0.05, 0.1) is 41.0 Å². The van der Waals surface area contributed by atoms with E-state index >= 15 is 0 Å². The molecule has 0 saturated carbocycles. The molecule has 272 valence electrons. The summed E-state index contributed by atoms with van der Waals surface area (Å²) >= 11 is 0. The molecule has 0 bridgehead atoms. The number of aromatic hydroxyl groups is 3. The summed E-state index contributed by atoms with van der Waals surface area (Å²) in [5, 5.41) is 29.9. The molecule has 3 N–H and O–H groups in total. The standard InChI is InChI=1S/C40H40O12/c1-46-33-19-24(7-12-30(33)41)9-15-37(44)50-17-5-6-26-18-28-29(23-51-38(45)16-10-25-8-13-31(42)34(20-25)47-2)39(52-40(28)36(21-26)49-4)27-11-14-32(43)35(22-27)48-3/h7-16,18-22,29,39,41-43H,5-6,17,23H2,1-4H3/b15-9+,16-10+/t29-,39-/m0/s1. The Morgan fingerprint density at radius 3 is 1.79 bits per heavy atom. The van der Waals surface area contributed by atoms with Crippen molar-refractivity contribution in [3.05, 3.63) is 107 Å². The number of ether oxygens (including phenoxy) is 7. The van der Waals surface area contributed by atoms with Gasteiger partial charge in [-0.15, -0.1) is 0 Å². The SMILES string of the molecule is COc1cc(/C=C/C(=O)OCCCc2cc(OC)c3c(c2)[C@H](COC(=O)/C=C/c2ccc(O)c(OC)c2)[C@H](c2ccc(O)c(OC)c2)O3)ccc1O. The predicted molar refractivity (Wildman–Crippen MR) is 191 cm³/mol. The number of hydrogen-bond acceptors (Lipinski definition) is 12. The second-order valence-electron chi connectivity index (χ2n) is 11.7. The van der Waals surface area contributed by atoms with Gasteiger partial charge in [-0.2, -0.15) is 0 Å². The lowest BCUT2D eigenvalue weighted by atomic mass is 9.90. The lowest BCUT2D eigenvalue weighted by Gasteiger charge is -2.20. The number of rotatable bonds is 15. The van der Waals surface area contributed by atoms with Crippen LogP contribution in [-0.2, 0) is 25.5 Å². The highest BCUT2D eigenvalue weighted by Crippen LogP contribution is 2.52. The summed E-state index contributed by atoms with van der Waals surface area (Å²) in [6.07, 6.45) is 6.16. The highest BCUT2D eigenvalue weighted by atomic mass is 16.5. The number of aryl methyl sites for hydroxylation is 1. The maximum Gasteiger partial charge on any atom is 0.330 e. The Balaban J connectivity index is 1.30. The Hall–Kier alpha value is -6.30. The first-order valence-electron chi connectivity index (χ1n) is 16.3. The third-order valence-corrected chi connectivity index (χ3v) is 8.40. The number of phenolic OH excluding ortho intramolecular Hbond substituents is 3. The van der Waals surface area contributed by atoms with Gasteiger partial charge in [0.2, 0.25) is 0 Å². The Kier molecular flexibility index (Phi) is 12.1. The van der Waals surface area contributed by atoms with Crippen molar-refractivity contribution in [1.29, 1.82) is 0 Å². The van der Waals surface area contributed by atoms with Gasteiger partial charge in [0.25, 0.3) is 0 Å². The van der Waals surface area contributed by atoms with Crippen molar-refractivity contribution in [2.75, 3.05) is 41.7 Å². The minimum Gasteiger partial charge on any atom is -0.504 e. The number of carbonyl (C=O) groups excluding carboxylic acids is 2. The van der Waals surface area contributed by atoms with Crippen molar-refractivity contribution in [2.45, 2.75) is 24.9 Å². The molecule has 0 aromatic heterocycles. The summed E-state index contributed by atoms with van der Waals surface area (Å²) in [5.41, 5.74) is 3.63. The number of hydrogen-bond donors (Lipinski definition) is 3. The Morgan fingerprint density at radius 1 is 0.673 bits per heavy atom. The zero-order valence-corrected chi connectivity index (χ0v) is 29.2. The van der Waals surface area contributed by atoms with Crippen LogP contribution in [0.1, 0.15) is 46.3 Å². The van der Waals surface area contributed by atoms with E-state index in [9.17, 15) is 24.9 Å². The summed E-state index contributed by atoms with van der Waals surface area (Å²) in [5.74, 6) is 0.199. The van der Waals surface area contributed by atoms with E-state index in [1.165, 1.54) is 58.8 Å². The van der Waals surface area contributed by atoms with Crippen molar-refractivity contribution < 1.29 is 58.1 Å². The Bertz CT molecular complexity index is 1960. The van der Waals surface area contributed by atoms with E-state index in [4.69, 9.17) is 33.2 Å². The van der Waals surface area contributed by atoms with Crippen molar-refractivity contribution in [2.24, 2.45) is 0 Å². The van der Waals surface area contributed by atoms with Crippen molar-refractivity contribution >= 4 is 24.1 Å². The first kappa shape index (κ1) is 37.0. The van der Waals surface area contributed by atoms with Crippen LogP contribution in [0.5, 0.6) is 46.0 Å². The van der Waals surface area contributed by atoms with E-state index in [-0.39, 0.29) is 42.0 Å². The topological polar surface area (TPSA) is 159 Å². The smallest absolute Gasteiger partial charge is 0.330 e. The molecule has 5 rings (SSSR count). The lowest BCUT2D eigenvalue weighted by Crippen LogP contribution is -2.17. The molecule has 0 unspecified atom stereocenters. The van der Waals surface area contributed by atoms with Crippen LogP contribution in [0.25, 0.3) is 12.2 Å². The number of methoxy groups -OCH3 is 4. The van der Waals surface area contributed by atoms with Gasteiger partial charge in [-0.25, -0.2) is 9.59 Å². The molecule has 0 saturated heterocycles. The summed E-state index contributed by atoms with van der Waals surface area (Å²) in [4.78, 5) is 25.3. The molecule has 52 heavy (non-hydrogen) atoms. The fraction of sp³-hybridized carbons (Fsp3) is 0.250. The minimum atomic E-state index is -0.618. The van der Waals surface area contributed by atoms with Crippen LogP contribution >= 0.6 is 0 Å². The van der Waals surface area contributed by atoms with Gasteiger partial charge in [-0.05, 0) is 89.7 Å². The second kappa shape index (κ2) is 17.1. The van der Waals surface area contributed by atoms with Crippen LogP contribution in [0.15, 0.2) is 78.9 Å². The molecule has 2 atom stereocenters. The van der Waals surface area contributed by atoms with Crippen LogP contribution in [0, 0.1) is 0 Å². The Morgan fingerprint density at radius 2 is 1.21 bits per heavy atom. The molecule has 0 spiro atoms. The largest absolute Gasteiger partial charge is 0.504 e. The Labute approximate surface area is 301 Å². The second-order valence-corrected chi connectivity index (χ2v) is 11.7. The van der Waals surface area contributed by atoms with Crippen molar-refractivity contribution in [1.82, 2.24) is 0 Å². The zero-order valence-electron chi connectivity index (χ0n) is 29.2. The normalized spacial score (nSPS) is 14.8. The quantitative estimate of drug-likeness (QED) is 0.0699. The van der Waals surface area contributed by atoms with Gasteiger partial charge in [0.15, 0.2) is 46.0 Å². The van der Waals surface area contributed by atoms with E-state index in [1.807, 2.05) is 12.1 Å². The predicted octanol–water partition coefficient (Wildman–Crippen LogP) is 6.50. The average molecular weight is 713 g/mol. The summed E-state index contributed by atoms with van der Waals surface area (Å²) in [6, 6.07) is 18.2. The molecule has 12 heteroatoms. The monoisotopic (exact) mass is 712 g/mol. The third-order valence-electron chi connectivity index (χ3n) is 8.40. The molecule has 4 aromatic carbocycles. The molecular formula is C40H40O12. The van der Waals surface area contributed by atoms with Crippen LogP contribution in [-0.4, -0.2) is 68.9 Å². The first-order chi connectivity index (χ1) is 25.1. The summed E-state index contributed by atoms with van der Waals surface area (Å²) in [7, 11) is 5.87. The highest BCUT2D eigenvalue weighted by Gasteiger charge is 2.39. The van der Waals surface area contributed by atoms with Crippen LogP contribution in [0.3, 0.4) is 0 Å². The van der Waals surface area contributed by atoms with Crippen LogP contribution < -0.4 is 23.7 Å². The molecule has 1 aliphatic heterocycles. The lowest BCUT2D eigenvalue weighted by molar-refractivity contribution is -0.139. The molecule has 1 aliphatic rings. The van der Waals surface area contributed by atoms with Gasteiger partial charge in [0.1, 0.15) is 12.7 Å². The summed E-state index contributed by atoms with van der Waals surface area (Å²) in [6.45, 7) is 0.112. The number of fused-ring (bicyclic) bond motifs is 1. The van der Waals surface area contributed by atoms with E-state index in [1.54, 1.807) is 48.6 Å². The van der Waals surface area contributed by atoms with Crippen molar-refractivity contribution in [3.63, 3.8) is 0 Å². The maximum atomic E-state index is 12.9. The molecule has 0 radical (unpaired) electrons. The number of esters is 2. The molecule has 4 aromatic rings. The average Bonchev–Trinajstić information content (AvgIpc) is 3.53. The molecule has 0 amide bonds. The van der Waals surface area contributed by atoms with E-state index in [0.717, 1.165) is 11.1 Å². The number of carbonyl (C=O) groups is 2. The highest BCUT2D eigenvalue weighted by molar-refractivity contribution is 5.87. The number of benzene rings is 4. The maximum absolute atomic E-state index is 12.9. The summed E-state index contributed by atoms with van der Waals surface area (Å²) < 4.78 is 38.9. The van der Waals surface area contributed by atoms with E-state index < -0.39 is 24.0 Å². The molecule has 0 aliphatic carbocycles. The van der Waals surface area contributed by atoms with Crippen LogP contribution in [0.2, 0.25) is 0 Å². The fourth-order valence-corrected chi connectivity index (χ4v) is 5.74. The number of phenols is 3. The van der Waals surface area contributed by atoms with E-state index in [0.29, 0.717) is 46.8 Å². The fourth-order valence-electron chi connectivity index (χ4n) is 5.74. The first-order valence-corrected chi connectivity index (χ1v) is 16.3. The van der Waals surface area contributed by atoms with E-state index in [2.05, 4.69) is 0 Å². The van der Waals surface area contributed by atoms with Gasteiger partial charge in [-0.3, -0.25) is 0 Å².